The Morgan fingerprint density at radius 1 is 1.28 bits per heavy atom. The van der Waals surface area contributed by atoms with Crippen molar-refractivity contribution in [3.05, 3.63) is 17.7 Å². The molecular weight excluding hydrogens is 346 g/mol. The highest BCUT2D eigenvalue weighted by Crippen LogP contribution is 2.34. The van der Waals surface area contributed by atoms with Crippen LogP contribution in [0, 0.1) is 0 Å². The summed E-state index contributed by atoms with van der Waals surface area (Å²) in [6.45, 7) is 1.24. The molecule has 25 heavy (non-hydrogen) atoms. The number of aliphatic imine (C=N–C) groups is 1. The minimum absolute atomic E-state index is 0.0196. The van der Waals surface area contributed by atoms with Crippen molar-refractivity contribution in [1.29, 1.82) is 0 Å². The number of carbonyl (C=O) groups excluding carboxylic acids is 1. The average Bonchev–Trinajstić information content (AvgIpc) is 2.52. The molecule has 1 amide bonds. The van der Waals surface area contributed by atoms with Gasteiger partial charge in [-0.3, -0.25) is 4.79 Å². The summed E-state index contributed by atoms with van der Waals surface area (Å²) in [5.41, 5.74) is 16.8. The summed E-state index contributed by atoms with van der Waals surface area (Å²) < 4.78 is 29.8. The number of carbonyl (C=O) groups is 1. The maximum Gasteiger partial charge on any atom is 0.283 e. The lowest BCUT2D eigenvalue weighted by Crippen LogP contribution is -2.40. The van der Waals surface area contributed by atoms with E-state index in [0.29, 0.717) is 18.8 Å². The number of anilines is 1. The van der Waals surface area contributed by atoms with Crippen molar-refractivity contribution >= 4 is 27.4 Å². The van der Waals surface area contributed by atoms with E-state index >= 15 is 0 Å². The molecule has 0 bridgehead atoms. The predicted molar refractivity (Wildman–Crippen MR) is 95.7 cm³/mol. The normalized spacial score (nSPS) is 15.7. The van der Waals surface area contributed by atoms with E-state index in [1.165, 1.54) is 19.2 Å². The lowest BCUT2D eigenvalue weighted by Gasteiger charge is -2.33. The molecule has 6 N–H and O–H groups in total. The van der Waals surface area contributed by atoms with Gasteiger partial charge < -0.3 is 26.8 Å². The molecular formula is C15H23N5O4S. The number of hydrogen-bond acceptors (Lipinski definition) is 6. The van der Waals surface area contributed by atoms with E-state index in [1.54, 1.807) is 0 Å². The molecule has 1 saturated heterocycles. The van der Waals surface area contributed by atoms with Gasteiger partial charge in [-0.15, -0.1) is 0 Å². The third-order valence-electron chi connectivity index (χ3n) is 4.02. The fourth-order valence-electron chi connectivity index (χ4n) is 2.75. The number of rotatable bonds is 4. The number of hydrogen-bond donors (Lipinski definition) is 3. The van der Waals surface area contributed by atoms with Crippen LogP contribution in [0.4, 0.5) is 5.69 Å². The second kappa shape index (κ2) is 7.28. The van der Waals surface area contributed by atoms with Crippen molar-refractivity contribution in [3.63, 3.8) is 0 Å². The minimum Gasteiger partial charge on any atom is -0.496 e. The van der Waals surface area contributed by atoms with Crippen molar-refractivity contribution in [1.82, 2.24) is 0 Å². The van der Waals surface area contributed by atoms with Crippen molar-refractivity contribution in [2.75, 3.05) is 31.4 Å². The number of sulfone groups is 1. The molecule has 1 fully saturated rings. The highest BCUT2D eigenvalue weighted by molar-refractivity contribution is 7.90. The van der Waals surface area contributed by atoms with Gasteiger partial charge in [0.05, 0.1) is 23.3 Å². The van der Waals surface area contributed by atoms with Gasteiger partial charge in [-0.05, 0) is 18.9 Å². The highest BCUT2D eigenvalue weighted by atomic mass is 32.2. The molecule has 1 aliphatic rings. The van der Waals surface area contributed by atoms with Gasteiger partial charge in [0, 0.05) is 31.5 Å². The van der Waals surface area contributed by atoms with Crippen LogP contribution in [0.2, 0.25) is 0 Å². The lowest BCUT2D eigenvalue weighted by molar-refractivity contribution is 0.0999. The molecule has 0 aliphatic carbocycles. The molecule has 1 aliphatic heterocycles. The number of ether oxygens (including phenoxy) is 1. The second-order valence-corrected chi connectivity index (χ2v) is 7.94. The summed E-state index contributed by atoms with van der Waals surface area (Å²) in [7, 11) is -2.21. The number of nitrogens with zero attached hydrogens (tertiary/aromatic N) is 2. The van der Waals surface area contributed by atoms with Gasteiger partial charge in [-0.25, -0.2) is 8.42 Å². The maximum absolute atomic E-state index is 12.3. The molecule has 0 spiro atoms. The van der Waals surface area contributed by atoms with Crippen LogP contribution in [0.1, 0.15) is 23.2 Å². The first kappa shape index (κ1) is 19.0. The molecule has 0 aromatic heterocycles. The Morgan fingerprint density at radius 3 is 2.36 bits per heavy atom. The summed E-state index contributed by atoms with van der Waals surface area (Å²) in [5, 5.41) is 0. The lowest BCUT2D eigenvalue weighted by atomic mass is 10.0. The van der Waals surface area contributed by atoms with E-state index in [0.717, 1.165) is 19.1 Å². The van der Waals surface area contributed by atoms with Crippen LogP contribution in [-0.4, -0.2) is 52.8 Å². The zero-order chi connectivity index (χ0) is 18.8. The topological polar surface area (TPSA) is 154 Å². The molecule has 1 aromatic rings. The smallest absolute Gasteiger partial charge is 0.283 e. The van der Waals surface area contributed by atoms with Crippen molar-refractivity contribution in [3.8, 4) is 5.75 Å². The molecule has 138 valence electrons. The molecule has 9 nitrogen and oxygen atoms in total. The Balaban J connectivity index is 2.60. The van der Waals surface area contributed by atoms with Crippen LogP contribution in [0.15, 0.2) is 22.0 Å². The number of methoxy groups -OCH3 is 1. The van der Waals surface area contributed by atoms with E-state index < -0.39 is 21.7 Å². The van der Waals surface area contributed by atoms with Gasteiger partial charge >= 0.3 is 0 Å². The second-order valence-electron chi connectivity index (χ2n) is 5.96. The molecule has 0 unspecified atom stereocenters. The number of benzene rings is 1. The number of piperidine rings is 1. The quantitative estimate of drug-likeness (QED) is 0.471. The van der Waals surface area contributed by atoms with E-state index in [2.05, 4.69) is 4.99 Å². The Morgan fingerprint density at radius 2 is 1.88 bits per heavy atom. The fraction of sp³-hybridized carbons (Fsp3) is 0.467. The molecule has 2 rings (SSSR count). The summed E-state index contributed by atoms with van der Waals surface area (Å²) >= 11 is 0. The molecule has 1 aromatic carbocycles. The first-order valence-corrected chi connectivity index (χ1v) is 9.59. The van der Waals surface area contributed by atoms with Crippen LogP contribution in [0.25, 0.3) is 0 Å². The monoisotopic (exact) mass is 369 g/mol. The van der Waals surface area contributed by atoms with Crippen molar-refractivity contribution < 1.29 is 17.9 Å². The molecule has 1 heterocycles. The Hall–Kier alpha value is -2.33. The molecule has 0 atom stereocenters. The average molecular weight is 369 g/mol. The fourth-order valence-corrected chi connectivity index (χ4v) is 3.65. The third-order valence-corrected chi connectivity index (χ3v) is 5.15. The Labute approximate surface area is 146 Å². The van der Waals surface area contributed by atoms with Crippen LogP contribution in [0.5, 0.6) is 5.75 Å². The number of amides is 1. The van der Waals surface area contributed by atoms with Gasteiger partial charge in [-0.1, -0.05) is 0 Å². The van der Waals surface area contributed by atoms with Crippen molar-refractivity contribution in [2.45, 2.75) is 23.8 Å². The van der Waals surface area contributed by atoms with Gasteiger partial charge in [0.1, 0.15) is 5.75 Å². The van der Waals surface area contributed by atoms with E-state index in [4.69, 9.17) is 21.9 Å². The van der Waals surface area contributed by atoms with Gasteiger partial charge in [-0.2, -0.15) is 4.99 Å². The summed E-state index contributed by atoms with van der Waals surface area (Å²) in [4.78, 5) is 17.6. The summed E-state index contributed by atoms with van der Waals surface area (Å²) in [6, 6.07) is 2.89. The van der Waals surface area contributed by atoms with Crippen LogP contribution >= 0.6 is 0 Å². The molecule has 0 saturated carbocycles. The Kier molecular flexibility index (Phi) is 5.53. The Bertz CT molecular complexity index is 794. The number of guanidine groups is 1. The van der Waals surface area contributed by atoms with Crippen LogP contribution in [-0.2, 0) is 9.84 Å². The minimum atomic E-state index is -3.60. The first-order chi connectivity index (χ1) is 11.6. The first-order valence-electron chi connectivity index (χ1n) is 7.70. The number of nitrogens with two attached hydrogens (primary N) is 3. The molecule has 0 radical (unpaired) electrons. The largest absolute Gasteiger partial charge is 0.496 e. The standard InChI is InChI=1S/C15H23N5O4S/c1-24-12-8-11(20-5-3-9(16)4-6-20)13(25(2,22)23)7-10(12)14(21)19-15(17)18/h7-9H,3-6,16H2,1-2H3,(H4,17,18,19,21). The van der Waals surface area contributed by atoms with E-state index in [9.17, 15) is 13.2 Å². The summed E-state index contributed by atoms with van der Waals surface area (Å²) in [5.74, 6) is -0.983. The third kappa shape index (κ3) is 4.40. The van der Waals surface area contributed by atoms with Gasteiger partial charge in [0.2, 0.25) is 0 Å². The van der Waals surface area contributed by atoms with Crippen LogP contribution in [0.3, 0.4) is 0 Å². The van der Waals surface area contributed by atoms with E-state index in [-0.39, 0.29) is 22.3 Å². The van der Waals surface area contributed by atoms with Gasteiger partial charge in [0.15, 0.2) is 15.8 Å². The van der Waals surface area contributed by atoms with Crippen molar-refractivity contribution in [2.24, 2.45) is 22.2 Å². The van der Waals surface area contributed by atoms with Crippen LogP contribution < -0.4 is 26.8 Å². The predicted octanol–water partition coefficient (Wildman–Crippen LogP) is -0.560. The van der Waals surface area contributed by atoms with E-state index in [1.807, 2.05) is 4.90 Å². The maximum atomic E-state index is 12.3. The molecule has 10 heteroatoms. The van der Waals surface area contributed by atoms with Gasteiger partial charge in [0.25, 0.3) is 5.91 Å². The zero-order valence-corrected chi connectivity index (χ0v) is 15.0. The summed E-state index contributed by atoms with van der Waals surface area (Å²) in [6.07, 6.45) is 2.59. The SMILES string of the molecule is COc1cc(N2CCC(N)CC2)c(S(C)(=O)=O)cc1C(=O)N=C(N)N. The zero-order valence-electron chi connectivity index (χ0n) is 14.2. The highest BCUT2D eigenvalue weighted by Gasteiger charge is 2.26.